The molecule has 4 aliphatic rings. The number of phenols is 1. The molecule has 21 heteroatoms. The Bertz CT molecular complexity index is 2350. The molecule has 0 bridgehead atoms. The number of amides is 1. The third kappa shape index (κ3) is 15.9. The average Bonchev–Trinajstić information content (AvgIpc) is 4.07. The molecule has 1 unspecified atom stereocenters. The Morgan fingerprint density at radius 2 is 1.59 bits per heavy atom. The predicted molar refractivity (Wildman–Crippen MR) is 300 cm³/mol. The number of aliphatic hydroxyl groups is 5. The molecule has 0 spiro atoms. The van der Waals surface area contributed by atoms with Crippen LogP contribution in [0.5, 0.6) is 11.5 Å². The number of fused-ring (bicyclic) bond motifs is 1. The largest absolute Gasteiger partial charge is 0.507 e. The van der Waals surface area contributed by atoms with Crippen molar-refractivity contribution in [1.82, 2.24) is 14.7 Å². The molecule has 21 nitrogen and oxygen atoms in total. The number of phenolic OH excluding ortho intramolecular Hbond substituents is 1. The number of hydrogen-bond donors (Lipinski definition) is 6. The van der Waals surface area contributed by atoms with E-state index in [9.17, 15) is 49.8 Å². The first-order chi connectivity index (χ1) is 37.7. The van der Waals surface area contributed by atoms with Gasteiger partial charge in [-0.2, -0.15) is 0 Å². The second-order valence-electron chi connectivity index (χ2n) is 24.9. The summed E-state index contributed by atoms with van der Waals surface area (Å²) in [4.78, 5) is 58.9. The van der Waals surface area contributed by atoms with Crippen LogP contribution in [0.4, 0.5) is 0 Å². The lowest BCUT2D eigenvalue weighted by molar-refractivity contribution is -0.302. The quantitative estimate of drug-likeness (QED) is 0.0666. The molecule has 1 aromatic carbocycles. The van der Waals surface area contributed by atoms with Crippen LogP contribution in [-0.4, -0.2) is 215 Å². The normalized spacial score (nSPS) is 36.7. The molecular weight excluding hydrogens is 1050 g/mol. The maximum absolute atomic E-state index is 14.5. The van der Waals surface area contributed by atoms with Crippen molar-refractivity contribution in [2.24, 2.45) is 23.7 Å². The van der Waals surface area contributed by atoms with Crippen LogP contribution in [0.25, 0.3) is 0 Å². The molecule has 1 aliphatic carbocycles. The fraction of sp³-hybridized carbons (Fsp3) is 0.800. The van der Waals surface area contributed by atoms with Crippen LogP contribution in [0.3, 0.4) is 0 Å². The third-order valence-electron chi connectivity index (χ3n) is 18.1. The standard InChI is InChI=1S/C60H99N3O18/c1-18-44-60(12,73)53(68)38(8)62(14)29-34(4)27-58(10,72)55(36(6)51(37(7)56(70)80-44)81-47-28-59(11,75-17)54(69)39(9)78-47)79-43-26-33(3)25-42(50(43)67)63(15)45(64)30-61(13)23-24-76-46(65)22-20-32(2)19-21-40-49(66)48-41(31-77-57(48)71)35(5)52(40)74-16/h19,33-34,36-39,42-44,47,50-51,53-55,66-69,72-73H,18,20-31H2,1-17H3/t33-,34-,36+,37-,38-,39+,42?,43-,44-,47+,50-,51+,53-,54+,55-,58-,59-,60-/m1/s1. The fourth-order valence-electron chi connectivity index (χ4n) is 12.8. The lowest BCUT2D eigenvalue weighted by Crippen LogP contribution is -2.60. The van der Waals surface area contributed by atoms with Gasteiger partial charge in [-0.15, -0.1) is 0 Å². The van der Waals surface area contributed by atoms with Crippen molar-refractivity contribution in [3.05, 3.63) is 33.9 Å². The Kier molecular flexibility index (Phi) is 23.6. The molecule has 0 radical (unpaired) electrons. The number of allylic oxidation sites excluding steroid dienone is 2. The van der Waals surface area contributed by atoms with Crippen molar-refractivity contribution < 1.29 is 87.7 Å². The van der Waals surface area contributed by atoms with E-state index in [4.69, 9.17) is 37.9 Å². The smallest absolute Gasteiger partial charge is 0.342 e. The van der Waals surface area contributed by atoms with E-state index in [-0.39, 0.29) is 87.5 Å². The summed E-state index contributed by atoms with van der Waals surface area (Å²) in [6, 6.07) is -1.30. The zero-order valence-electron chi connectivity index (χ0n) is 51.4. The van der Waals surface area contributed by atoms with Crippen molar-refractivity contribution in [3.8, 4) is 11.5 Å². The molecule has 1 aromatic rings. The number of cyclic esters (lactones) is 2. The summed E-state index contributed by atoms with van der Waals surface area (Å²) in [7, 11) is 8.18. The SMILES string of the molecule is CC[C@H]1OC(=O)[C@H](C)[C@@H](O[C@H]2C[C@@](C)(OC)[C@@H](O)[C@H](C)O2)[C@H](C)[C@@H](O[C@@H]2C[C@H](C)CC(N(C)C(=O)CN(C)CCOC(=O)CCC(C)=CCc3c(O)c4c(c(C)c3OC)COC4=O)[C@H]2O)[C@](C)(O)C[C@@H](C)CN(C)[C@H](C)[C@@H](O)[C@]1(C)O. The number of carbonyl (C=O) groups is 4. The number of carbonyl (C=O) groups excluding carboxylic acids is 4. The Morgan fingerprint density at radius 1 is 0.926 bits per heavy atom. The van der Waals surface area contributed by atoms with E-state index >= 15 is 0 Å². The molecule has 3 heterocycles. The van der Waals surface area contributed by atoms with Crippen LogP contribution in [0, 0.1) is 30.6 Å². The fourth-order valence-corrected chi connectivity index (χ4v) is 12.8. The zero-order valence-corrected chi connectivity index (χ0v) is 51.4. The first-order valence-electron chi connectivity index (χ1n) is 29.0. The number of esters is 3. The van der Waals surface area contributed by atoms with E-state index in [2.05, 4.69) is 0 Å². The minimum Gasteiger partial charge on any atom is -0.507 e. The van der Waals surface area contributed by atoms with Gasteiger partial charge in [-0.3, -0.25) is 19.3 Å². The van der Waals surface area contributed by atoms with Crippen LogP contribution < -0.4 is 4.74 Å². The van der Waals surface area contributed by atoms with Gasteiger partial charge in [0, 0.05) is 63.2 Å². The van der Waals surface area contributed by atoms with E-state index in [1.54, 1.807) is 67.5 Å². The van der Waals surface area contributed by atoms with Crippen LogP contribution in [-0.2, 0) is 60.6 Å². The maximum Gasteiger partial charge on any atom is 0.342 e. The molecular formula is C60H99N3O18. The Hall–Kier alpha value is -4.00. The molecule has 462 valence electrons. The molecule has 18 atom stereocenters. The van der Waals surface area contributed by atoms with E-state index in [1.165, 1.54) is 26.0 Å². The number of benzene rings is 1. The predicted octanol–water partition coefficient (Wildman–Crippen LogP) is 4.60. The minimum absolute atomic E-state index is 0.0274. The second kappa shape index (κ2) is 28.3. The van der Waals surface area contributed by atoms with E-state index in [0.29, 0.717) is 42.7 Å². The highest BCUT2D eigenvalue weighted by molar-refractivity contribution is 5.98. The van der Waals surface area contributed by atoms with Gasteiger partial charge in [0.2, 0.25) is 5.91 Å². The van der Waals surface area contributed by atoms with Gasteiger partial charge in [-0.25, -0.2) is 4.79 Å². The molecule has 2 saturated heterocycles. The molecule has 81 heavy (non-hydrogen) atoms. The summed E-state index contributed by atoms with van der Waals surface area (Å²) in [5, 5.41) is 70.9. The zero-order chi connectivity index (χ0) is 60.8. The molecule has 6 N–H and O–H groups in total. The monoisotopic (exact) mass is 1150 g/mol. The van der Waals surface area contributed by atoms with Crippen LogP contribution in [0.1, 0.15) is 148 Å². The summed E-state index contributed by atoms with van der Waals surface area (Å²) in [6.07, 6.45) is -5.69. The van der Waals surface area contributed by atoms with Crippen molar-refractivity contribution in [1.29, 1.82) is 0 Å². The van der Waals surface area contributed by atoms with Crippen LogP contribution in [0.2, 0.25) is 0 Å². The van der Waals surface area contributed by atoms with Gasteiger partial charge < -0.3 is 78.3 Å². The number of rotatable bonds is 18. The number of nitrogens with zero attached hydrogens (tertiary/aromatic N) is 3. The van der Waals surface area contributed by atoms with E-state index in [1.807, 2.05) is 45.7 Å². The van der Waals surface area contributed by atoms with Gasteiger partial charge in [0.1, 0.15) is 60.3 Å². The van der Waals surface area contributed by atoms with Gasteiger partial charge in [0.05, 0.1) is 61.2 Å². The Balaban J connectivity index is 1.30. The lowest BCUT2D eigenvalue weighted by atomic mass is 9.76. The van der Waals surface area contributed by atoms with Crippen molar-refractivity contribution in [2.45, 2.75) is 225 Å². The third-order valence-corrected chi connectivity index (χ3v) is 18.1. The van der Waals surface area contributed by atoms with Gasteiger partial charge in [-0.05, 0) is 125 Å². The number of ether oxygens (including phenoxy) is 8. The summed E-state index contributed by atoms with van der Waals surface area (Å²) in [5.74, 6) is -3.91. The van der Waals surface area contributed by atoms with Gasteiger partial charge in [-0.1, -0.05) is 39.3 Å². The number of hydrogen-bond acceptors (Lipinski definition) is 20. The number of aromatic hydroxyl groups is 1. The number of aliphatic hydroxyl groups excluding tert-OH is 3. The van der Waals surface area contributed by atoms with Crippen LogP contribution >= 0.6 is 0 Å². The highest BCUT2D eigenvalue weighted by atomic mass is 16.7. The topological polar surface area (TPSA) is 273 Å². The van der Waals surface area contributed by atoms with E-state index in [0.717, 1.165) is 11.1 Å². The highest BCUT2D eigenvalue weighted by Gasteiger charge is 2.53. The highest BCUT2D eigenvalue weighted by Crippen LogP contribution is 2.44. The minimum atomic E-state index is -1.86. The van der Waals surface area contributed by atoms with Gasteiger partial charge >= 0.3 is 17.9 Å². The van der Waals surface area contributed by atoms with E-state index < -0.39 is 114 Å². The summed E-state index contributed by atoms with van der Waals surface area (Å²) in [5.41, 5.74) is -1.79. The Labute approximate surface area is 480 Å². The second-order valence-corrected chi connectivity index (χ2v) is 24.9. The molecule has 3 fully saturated rings. The first kappa shape index (κ1) is 67.8. The van der Waals surface area contributed by atoms with Crippen molar-refractivity contribution in [3.63, 3.8) is 0 Å². The van der Waals surface area contributed by atoms with Gasteiger partial charge in [0.25, 0.3) is 0 Å². The first-order valence-corrected chi connectivity index (χ1v) is 29.0. The molecule has 3 aliphatic heterocycles. The lowest BCUT2D eigenvalue weighted by Gasteiger charge is -2.49. The van der Waals surface area contributed by atoms with Crippen LogP contribution in [0.15, 0.2) is 11.6 Å². The number of likely N-dealkylation sites (N-methyl/N-ethyl adjacent to an activating group) is 3. The van der Waals surface area contributed by atoms with Crippen molar-refractivity contribution in [2.75, 3.05) is 61.6 Å². The molecule has 1 saturated carbocycles. The molecule has 0 aromatic heterocycles. The van der Waals surface area contributed by atoms with Crippen molar-refractivity contribution >= 4 is 23.8 Å². The maximum atomic E-state index is 14.5. The summed E-state index contributed by atoms with van der Waals surface area (Å²) < 4.78 is 48.3. The molecule has 1 amide bonds. The molecule has 5 rings (SSSR count). The van der Waals surface area contributed by atoms with Gasteiger partial charge in [0.15, 0.2) is 6.29 Å². The Morgan fingerprint density at radius 3 is 2.22 bits per heavy atom. The summed E-state index contributed by atoms with van der Waals surface area (Å²) in [6.45, 7) is 21.9. The average molecular weight is 1150 g/mol. The summed E-state index contributed by atoms with van der Waals surface area (Å²) >= 11 is 0. The number of methoxy groups -OCH3 is 2.